The van der Waals surface area contributed by atoms with Crippen LogP contribution in [0, 0.1) is 5.92 Å². The van der Waals surface area contributed by atoms with E-state index in [1.54, 1.807) is 0 Å². The van der Waals surface area contributed by atoms with Crippen LogP contribution in [-0.2, 0) is 0 Å². The van der Waals surface area contributed by atoms with Gasteiger partial charge in [0.05, 0.1) is 5.54 Å². The fourth-order valence-corrected chi connectivity index (χ4v) is 2.84. The zero-order valence-corrected chi connectivity index (χ0v) is 10.8. The van der Waals surface area contributed by atoms with Crippen molar-refractivity contribution in [3.63, 3.8) is 0 Å². The number of hydrogen-bond donors (Lipinski definition) is 0. The van der Waals surface area contributed by atoms with E-state index in [-0.39, 0.29) is 5.54 Å². The summed E-state index contributed by atoms with van der Waals surface area (Å²) in [7, 11) is 4.25. The highest BCUT2D eigenvalue weighted by molar-refractivity contribution is 5.31. The summed E-state index contributed by atoms with van der Waals surface area (Å²) in [6.07, 6.45) is 10.1. The van der Waals surface area contributed by atoms with E-state index >= 15 is 0 Å². The molecule has 1 rings (SSSR count). The highest BCUT2D eigenvalue weighted by Crippen LogP contribution is 2.44. The maximum atomic E-state index is 4.32. The van der Waals surface area contributed by atoms with Gasteiger partial charge in [0.15, 0.2) is 0 Å². The predicted octanol–water partition coefficient (Wildman–Crippen LogP) is 3.80. The lowest BCUT2D eigenvalue weighted by atomic mass is 9.87. The second-order valence-electron chi connectivity index (χ2n) is 5.00. The maximum absolute atomic E-state index is 4.32. The molecule has 0 aliphatic heterocycles. The van der Waals surface area contributed by atoms with Crippen LogP contribution in [0.5, 0.6) is 0 Å². The molecule has 16 heavy (non-hydrogen) atoms. The van der Waals surface area contributed by atoms with Gasteiger partial charge in [-0.25, -0.2) is 0 Å². The van der Waals surface area contributed by atoms with Gasteiger partial charge in [0.1, 0.15) is 0 Å². The molecule has 0 aromatic rings. The van der Waals surface area contributed by atoms with Crippen molar-refractivity contribution >= 4 is 0 Å². The highest BCUT2D eigenvalue weighted by atomic mass is 15.1. The molecule has 90 valence electrons. The molecule has 0 aromatic heterocycles. The average Bonchev–Trinajstić information content (AvgIpc) is 2.58. The van der Waals surface area contributed by atoms with Crippen LogP contribution >= 0.6 is 0 Å². The van der Waals surface area contributed by atoms with Crippen molar-refractivity contribution in [2.45, 2.75) is 37.6 Å². The monoisotopic (exact) mass is 219 g/mol. The van der Waals surface area contributed by atoms with Gasteiger partial charge in [0, 0.05) is 0 Å². The van der Waals surface area contributed by atoms with Gasteiger partial charge in [0.2, 0.25) is 0 Å². The number of nitrogens with zero attached hydrogens (tertiary/aromatic N) is 1. The predicted molar refractivity (Wildman–Crippen MR) is 72.5 cm³/mol. The van der Waals surface area contributed by atoms with Crippen molar-refractivity contribution in [2.24, 2.45) is 5.92 Å². The Balaban J connectivity index is 2.65. The Kier molecular flexibility index (Phi) is 4.55. The Bertz CT molecular complexity index is 277. The molecule has 1 aliphatic rings. The van der Waals surface area contributed by atoms with Gasteiger partial charge >= 0.3 is 0 Å². The third kappa shape index (κ3) is 2.30. The highest BCUT2D eigenvalue weighted by Gasteiger charge is 2.41. The first-order chi connectivity index (χ1) is 7.58. The molecular weight excluding hydrogens is 194 g/mol. The molecule has 0 spiro atoms. The first-order valence-corrected chi connectivity index (χ1v) is 6.19. The van der Waals surface area contributed by atoms with Crippen molar-refractivity contribution in [1.29, 1.82) is 0 Å². The second-order valence-corrected chi connectivity index (χ2v) is 5.00. The van der Waals surface area contributed by atoms with Gasteiger partial charge in [-0.1, -0.05) is 24.3 Å². The Morgan fingerprint density at radius 3 is 2.56 bits per heavy atom. The molecule has 1 saturated carbocycles. The van der Waals surface area contributed by atoms with Crippen molar-refractivity contribution < 1.29 is 0 Å². The van der Waals surface area contributed by atoms with Crippen molar-refractivity contribution in [2.75, 3.05) is 14.1 Å². The molecule has 0 aromatic carbocycles. The van der Waals surface area contributed by atoms with Gasteiger partial charge in [0.25, 0.3) is 0 Å². The lowest BCUT2D eigenvalue weighted by Gasteiger charge is -2.35. The topological polar surface area (TPSA) is 3.24 Å². The quantitative estimate of drug-likeness (QED) is 0.485. The molecule has 1 nitrogen and oxygen atoms in total. The van der Waals surface area contributed by atoms with Crippen LogP contribution < -0.4 is 0 Å². The van der Waals surface area contributed by atoms with Crippen LogP contribution in [0.4, 0.5) is 0 Å². The molecule has 1 heteroatoms. The van der Waals surface area contributed by atoms with Crippen molar-refractivity contribution in [3.8, 4) is 0 Å². The summed E-state index contributed by atoms with van der Waals surface area (Å²) in [5.41, 5.74) is 1.40. The molecule has 0 radical (unpaired) electrons. The molecule has 0 N–H and O–H groups in total. The summed E-state index contributed by atoms with van der Waals surface area (Å²) in [5.74, 6) is 0.667. The zero-order valence-electron chi connectivity index (χ0n) is 10.8. The van der Waals surface area contributed by atoms with Gasteiger partial charge < -0.3 is 0 Å². The molecule has 0 bridgehead atoms. The van der Waals surface area contributed by atoms with Crippen molar-refractivity contribution in [3.05, 3.63) is 37.5 Å². The number of allylic oxidation sites excluding steroid dienone is 1. The summed E-state index contributed by atoms with van der Waals surface area (Å²) >= 11 is 0. The van der Waals surface area contributed by atoms with E-state index in [1.165, 1.54) is 31.3 Å². The summed E-state index contributed by atoms with van der Waals surface area (Å²) in [4.78, 5) is 2.26. The standard InChI is InChI=1S/C15H25N/c1-6-8-9-10-14-11-12-15(7-2,13(14)3)16(4)5/h6-7,14H,1-3,8-12H2,4-5H3. The van der Waals surface area contributed by atoms with Crippen LogP contribution in [0.1, 0.15) is 32.1 Å². The van der Waals surface area contributed by atoms with Gasteiger partial charge in [-0.3, -0.25) is 4.90 Å². The molecule has 1 fully saturated rings. The Morgan fingerprint density at radius 1 is 1.44 bits per heavy atom. The Hall–Kier alpha value is -0.820. The fourth-order valence-electron chi connectivity index (χ4n) is 2.84. The lowest BCUT2D eigenvalue weighted by molar-refractivity contribution is 0.254. The largest absolute Gasteiger partial charge is 0.297 e. The minimum atomic E-state index is 0.0405. The minimum Gasteiger partial charge on any atom is -0.297 e. The maximum Gasteiger partial charge on any atom is 0.0597 e. The molecular formula is C15H25N. The number of rotatable bonds is 6. The normalized spacial score (nSPS) is 29.7. The summed E-state index contributed by atoms with van der Waals surface area (Å²) in [6, 6.07) is 0. The third-order valence-corrected chi connectivity index (χ3v) is 4.02. The number of unbranched alkanes of at least 4 members (excludes halogenated alkanes) is 1. The number of likely N-dealkylation sites (N-methyl/N-ethyl adjacent to an activating group) is 1. The Morgan fingerprint density at radius 2 is 2.12 bits per heavy atom. The second kappa shape index (κ2) is 5.49. The zero-order chi connectivity index (χ0) is 12.2. The van der Waals surface area contributed by atoms with E-state index in [0.717, 1.165) is 6.42 Å². The number of hydrogen-bond acceptors (Lipinski definition) is 1. The van der Waals surface area contributed by atoms with Gasteiger partial charge in [-0.2, -0.15) is 0 Å². The van der Waals surface area contributed by atoms with Crippen LogP contribution in [0.3, 0.4) is 0 Å². The van der Waals surface area contributed by atoms with E-state index in [0.29, 0.717) is 5.92 Å². The molecule has 0 heterocycles. The minimum absolute atomic E-state index is 0.0405. The van der Waals surface area contributed by atoms with Crippen LogP contribution in [0.15, 0.2) is 37.5 Å². The van der Waals surface area contributed by atoms with Crippen LogP contribution in [0.2, 0.25) is 0 Å². The van der Waals surface area contributed by atoms with E-state index in [2.05, 4.69) is 44.8 Å². The third-order valence-electron chi connectivity index (χ3n) is 4.02. The smallest absolute Gasteiger partial charge is 0.0597 e. The first kappa shape index (κ1) is 13.2. The average molecular weight is 219 g/mol. The molecule has 2 atom stereocenters. The molecule has 2 unspecified atom stereocenters. The first-order valence-electron chi connectivity index (χ1n) is 6.19. The molecule has 0 saturated heterocycles. The van der Waals surface area contributed by atoms with Crippen molar-refractivity contribution in [1.82, 2.24) is 4.90 Å². The Labute approximate surface area is 101 Å². The van der Waals surface area contributed by atoms with Crippen LogP contribution in [0.25, 0.3) is 0 Å². The van der Waals surface area contributed by atoms with E-state index in [9.17, 15) is 0 Å². The lowest BCUT2D eigenvalue weighted by Crippen LogP contribution is -2.41. The fraction of sp³-hybridized carbons (Fsp3) is 0.600. The molecule has 0 amide bonds. The van der Waals surface area contributed by atoms with E-state index < -0.39 is 0 Å². The molecule has 1 aliphatic carbocycles. The summed E-state index contributed by atoms with van der Waals surface area (Å²) < 4.78 is 0. The summed E-state index contributed by atoms with van der Waals surface area (Å²) in [5, 5.41) is 0. The van der Waals surface area contributed by atoms with Gasteiger partial charge in [-0.15, -0.1) is 13.2 Å². The van der Waals surface area contributed by atoms with Crippen LogP contribution in [-0.4, -0.2) is 24.5 Å². The SMILES string of the molecule is C=CCCCC1CCC(C=C)(N(C)C)C1=C. The van der Waals surface area contributed by atoms with E-state index in [4.69, 9.17) is 0 Å². The van der Waals surface area contributed by atoms with Gasteiger partial charge in [-0.05, 0) is 52.1 Å². The summed E-state index contributed by atoms with van der Waals surface area (Å²) in [6.45, 7) is 12.1. The van der Waals surface area contributed by atoms with E-state index in [1.807, 2.05) is 6.08 Å².